The first-order valence-corrected chi connectivity index (χ1v) is 5.19. The summed E-state index contributed by atoms with van der Waals surface area (Å²) in [5, 5.41) is 3.28. The third kappa shape index (κ3) is 2.51. The molecular weight excluding hydrogens is 198 g/mol. The Labute approximate surface area is 95.3 Å². The lowest BCUT2D eigenvalue weighted by Gasteiger charge is -2.08. The predicted octanol–water partition coefficient (Wildman–Crippen LogP) is 3.02. The van der Waals surface area contributed by atoms with E-state index in [4.69, 9.17) is 5.73 Å². The number of aromatic nitrogens is 1. The number of nitrogens with one attached hydrogen (secondary N) is 1. The number of nitrogen functional groups attached to an aromatic ring is 1. The van der Waals surface area contributed by atoms with Crippen molar-refractivity contribution in [2.75, 3.05) is 11.1 Å². The lowest BCUT2D eigenvalue weighted by molar-refractivity contribution is 1.32. The molecule has 0 aliphatic heterocycles. The van der Waals surface area contributed by atoms with Crippen molar-refractivity contribution in [1.29, 1.82) is 0 Å². The van der Waals surface area contributed by atoms with Gasteiger partial charge in [-0.2, -0.15) is 0 Å². The highest BCUT2D eigenvalue weighted by atomic mass is 14.9. The van der Waals surface area contributed by atoms with Gasteiger partial charge in [0.1, 0.15) is 0 Å². The van der Waals surface area contributed by atoms with Crippen LogP contribution in [-0.4, -0.2) is 4.98 Å². The summed E-state index contributed by atoms with van der Waals surface area (Å²) in [4.78, 5) is 4.04. The van der Waals surface area contributed by atoms with Crippen LogP contribution >= 0.6 is 0 Å². The SMILES string of the molecule is Cc1cc(C)cc(Nc2cncc(N)c2)c1. The number of anilines is 3. The zero-order valence-electron chi connectivity index (χ0n) is 9.49. The molecule has 1 aromatic heterocycles. The zero-order valence-corrected chi connectivity index (χ0v) is 9.49. The van der Waals surface area contributed by atoms with Gasteiger partial charge in [0.05, 0.1) is 17.6 Å². The van der Waals surface area contributed by atoms with Crippen LogP contribution in [0.2, 0.25) is 0 Å². The van der Waals surface area contributed by atoms with Gasteiger partial charge in [0.15, 0.2) is 0 Å². The van der Waals surface area contributed by atoms with Crippen LogP contribution in [0.5, 0.6) is 0 Å². The molecule has 0 fully saturated rings. The van der Waals surface area contributed by atoms with Crippen molar-refractivity contribution in [3.63, 3.8) is 0 Å². The molecule has 2 rings (SSSR count). The van der Waals surface area contributed by atoms with Crippen LogP contribution in [0.15, 0.2) is 36.7 Å². The Balaban J connectivity index is 2.27. The van der Waals surface area contributed by atoms with Crippen molar-refractivity contribution in [2.24, 2.45) is 0 Å². The molecule has 1 aromatic carbocycles. The lowest BCUT2D eigenvalue weighted by atomic mass is 10.1. The Kier molecular flexibility index (Phi) is 2.77. The first kappa shape index (κ1) is 10.5. The van der Waals surface area contributed by atoms with E-state index in [0.717, 1.165) is 11.4 Å². The van der Waals surface area contributed by atoms with Crippen LogP contribution in [0.4, 0.5) is 17.1 Å². The molecule has 0 aliphatic carbocycles. The first-order chi connectivity index (χ1) is 7.63. The largest absolute Gasteiger partial charge is 0.397 e. The van der Waals surface area contributed by atoms with E-state index in [2.05, 4.69) is 42.3 Å². The summed E-state index contributed by atoms with van der Waals surface area (Å²) in [6.07, 6.45) is 3.39. The summed E-state index contributed by atoms with van der Waals surface area (Å²) in [6, 6.07) is 8.19. The van der Waals surface area contributed by atoms with Gasteiger partial charge in [0.25, 0.3) is 0 Å². The molecule has 16 heavy (non-hydrogen) atoms. The smallest absolute Gasteiger partial charge is 0.0591 e. The van der Waals surface area contributed by atoms with E-state index in [9.17, 15) is 0 Å². The summed E-state index contributed by atoms with van der Waals surface area (Å²) in [7, 11) is 0. The van der Waals surface area contributed by atoms with Gasteiger partial charge in [-0.15, -0.1) is 0 Å². The van der Waals surface area contributed by atoms with E-state index >= 15 is 0 Å². The summed E-state index contributed by atoms with van der Waals surface area (Å²) in [5.74, 6) is 0. The van der Waals surface area contributed by atoms with E-state index in [1.807, 2.05) is 6.07 Å². The third-order valence-electron chi connectivity index (χ3n) is 2.27. The van der Waals surface area contributed by atoms with Crippen molar-refractivity contribution in [3.05, 3.63) is 47.8 Å². The number of aryl methyl sites for hydroxylation is 2. The van der Waals surface area contributed by atoms with Crippen LogP contribution in [0.1, 0.15) is 11.1 Å². The molecule has 0 amide bonds. The Morgan fingerprint density at radius 3 is 2.25 bits per heavy atom. The normalized spacial score (nSPS) is 10.1. The molecule has 0 spiro atoms. The topological polar surface area (TPSA) is 50.9 Å². The lowest BCUT2D eigenvalue weighted by Crippen LogP contribution is -1.94. The number of hydrogen-bond donors (Lipinski definition) is 2. The van der Waals surface area contributed by atoms with E-state index in [-0.39, 0.29) is 0 Å². The Morgan fingerprint density at radius 2 is 1.62 bits per heavy atom. The van der Waals surface area contributed by atoms with Crippen molar-refractivity contribution >= 4 is 17.1 Å². The molecule has 1 heterocycles. The van der Waals surface area contributed by atoms with Gasteiger partial charge in [-0.1, -0.05) is 6.07 Å². The molecule has 0 aliphatic rings. The summed E-state index contributed by atoms with van der Waals surface area (Å²) >= 11 is 0. The number of hydrogen-bond acceptors (Lipinski definition) is 3. The van der Waals surface area contributed by atoms with E-state index in [0.29, 0.717) is 5.69 Å². The first-order valence-electron chi connectivity index (χ1n) is 5.19. The standard InChI is InChI=1S/C13H15N3/c1-9-3-10(2)5-12(4-9)16-13-6-11(14)7-15-8-13/h3-8,16H,14H2,1-2H3. The highest BCUT2D eigenvalue weighted by Gasteiger charge is 1.97. The number of nitrogens with zero attached hydrogens (tertiary/aromatic N) is 1. The maximum absolute atomic E-state index is 5.67. The highest BCUT2D eigenvalue weighted by Crippen LogP contribution is 2.19. The van der Waals surface area contributed by atoms with Crippen LogP contribution in [0.3, 0.4) is 0 Å². The average Bonchev–Trinajstić information content (AvgIpc) is 2.15. The molecule has 0 atom stereocenters. The van der Waals surface area contributed by atoms with Crippen LogP contribution in [0, 0.1) is 13.8 Å². The molecule has 2 aromatic rings. The van der Waals surface area contributed by atoms with Gasteiger partial charge in [-0.25, -0.2) is 0 Å². The Morgan fingerprint density at radius 1 is 0.938 bits per heavy atom. The minimum atomic E-state index is 0.661. The molecule has 0 radical (unpaired) electrons. The Bertz CT molecular complexity index is 486. The second-order valence-electron chi connectivity index (χ2n) is 4.01. The molecule has 0 bridgehead atoms. The van der Waals surface area contributed by atoms with Crippen LogP contribution in [-0.2, 0) is 0 Å². The maximum Gasteiger partial charge on any atom is 0.0591 e. The predicted molar refractivity (Wildman–Crippen MR) is 67.8 cm³/mol. The minimum absolute atomic E-state index is 0.661. The van der Waals surface area contributed by atoms with Gasteiger partial charge in [0, 0.05) is 11.9 Å². The van der Waals surface area contributed by atoms with Gasteiger partial charge < -0.3 is 11.1 Å². The number of benzene rings is 1. The van der Waals surface area contributed by atoms with Crippen molar-refractivity contribution in [3.8, 4) is 0 Å². The monoisotopic (exact) mass is 213 g/mol. The van der Waals surface area contributed by atoms with Gasteiger partial charge in [-0.3, -0.25) is 4.98 Å². The molecule has 82 valence electrons. The fourth-order valence-electron chi connectivity index (χ4n) is 1.74. The van der Waals surface area contributed by atoms with Gasteiger partial charge in [-0.05, 0) is 43.2 Å². The van der Waals surface area contributed by atoms with Crippen molar-refractivity contribution < 1.29 is 0 Å². The van der Waals surface area contributed by atoms with E-state index in [1.165, 1.54) is 11.1 Å². The maximum atomic E-state index is 5.67. The number of rotatable bonds is 2. The minimum Gasteiger partial charge on any atom is -0.397 e. The fourth-order valence-corrected chi connectivity index (χ4v) is 1.74. The average molecular weight is 213 g/mol. The van der Waals surface area contributed by atoms with Crippen LogP contribution < -0.4 is 11.1 Å². The molecular formula is C13H15N3. The highest BCUT2D eigenvalue weighted by molar-refractivity contribution is 5.63. The number of nitrogens with two attached hydrogens (primary N) is 1. The zero-order chi connectivity index (χ0) is 11.5. The second kappa shape index (κ2) is 4.23. The second-order valence-corrected chi connectivity index (χ2v) is 4.01. The Hall–Kier alpha value is -2.03. The van der Waals surface area contributed by atoms with Crippen molar-refractivity contribution in [2.45, 2.75) is 13.8 Å². The molecule has 0 saturated heterocycles. The third-order valence-corrected chi connectivity index (χ3v) is 2.27. The summed E-state index contributed by atoms with van der Waals surface area (Å²) in [6.45, 7) is 4.16. The van der Waals surface area contributed by atoms with Gasteiger partial charge in [0.2, 0.25) is 0 Å². The summed E-state index contributed by atoms with van der Waals surface area (Å²) in [5.41, 5.74) is 10.8. The van der Waals surface area contributed by atoms with Gasteiger partial charge >= 0.3 is 0 Å². The molecule has 3 heteroatoms. The summed E-state index contributed by atoms with van der Waals surface area (Å²) < 4.78 is 0. The fraction of sp³-hybridized carbons (Fsp3) is 0.154. The quantitative estimate of drug-likeness (QED) is 0.806. The van der Waals surface area contributed by atoms with E-state index < -0.39 is 0 Å². The number of pyridine rings is 1. The molecule has 3 N–H and O–H groups in total. The molecule has 3 nitrogen and oxygen atoms in total. The van der Waals surface area contributed by atoms with Crippen molar-refractivity contribution in [1.82, 2.24) is 4.98 Å². The van der Waals surface area contributed by atoms with Crippen LogP contribution in [0.25, 0.3) is 0 Å². The van der Waals surface area contributed by atoms with E-state index in [1.54, 1.807) is 12.4 Å². The molecule has 0 saturated carbocycles. The molecule has 0 unspecified atom stereocenters.